The van der Waals surface area contributed by atoms with Gasteiger partial charge in [0.25, 0.3) is 5.78 Å². The average molecular weight is 267 g/mol. The summed E-state index contributed by atoms with van der Waals surface area (Å²) in [5.74, 6) is -0.263. The Balaban J connectivity index is 2.12. The van der Waals surface area contributed by atoms with Crippen molar-refractivity contribution in [3.05, 3.63) is 53.6 Å². The van der Waals surface area contributed by atoms with E-state index in [-0.39, 0.29) is 5.78 Å². The smallest absolute Gasteiger partial charge is 0.325 e. The lowest BCUT2D eigenvalue weighted by Gasteiger charge is -2.21. The van der Waals surface area contributed by atoms with Gasteiger partial charge >= 0.3 is 6.21 Å². The highest BCUT2D eigenvalue weighted by atomic mass is 16.1. The standard InChI is InChI=1S/C16H17N3O/c1-16(2,15(20)11-19-17)18-10-12-7-8-13-5-3-4-6-14(13)9-12/h3-9,11,18H,10H2,1-2H3. The fourth-order valence-electron chi connectivity index (χ4n) is 1.97. The molecule has 2 aromatic carbocycles. The summed E-state index contributed by atoms with van der Waals surface area (Å²) in [6, 6.07) is 14.3. The lowest BCUT2D eigenvalue weighted by molar-refractivity contribution is -0.121. The van der Waals surface area contributed by atoms with Gasteiger partial charge in [0, 0.05) is 6.54 Å². The molecule has 0 saturated carbocycles. The van der Waals surface area contributed by atoms with E-state index in [0.29, 0.717) is 6.54 Å². The average Bonchev–Trinajstić information content (AvgIpc) is 2.45. The zero-order chi connectivity index (χ0) is 14.6. The van der Waals surface area contributed by atoms with Crippen molar-refractivity contribution in [2.45, 2.75) is 25.9 Å². The lowest BCUT2D eigenvalue weighted by Crippen LogP contribution is -2.47. The molecule has 0 saturated heterocycles. The second-order valence-corrected chi connectivity index (χ2v) is 5.27. The Morgan fingerprint density at radius 3 is 2.65 bits per heavy atom. The molecule has 0 heterocycles. The summed E-state index contributed by atoms with van der Waals surface area (Å²) in [6.07, 6.45) is 0.924. The second kappa shape index (κ2) is 5.78. The van der Waals surface area contributed by atoms with Gasteiger partial charge < -0.3 is 10.8 Å². The molecule has 0 aliphatic carbocycles. The Morgan fingerprint density at radius 1 is 1.25 bits per heavy atom. The van der Waals surface area contributed by atoms with Crippen molar-refractivity contribution in [2.75, 3.05) is 0 Å². The van der Waals surface area contributed by atoms with E-state index in [2.05, 4.69) is 34.4 Å². The zero-order valence-electron chi connectivity index (χ0n) is 11.6. The van der Waals surface area contributed by atoms with Gasteiger partial charge in [0.15, 0.2) is 0 Å². The molecule has 0 aliphatic heterocycles. The van der Waals surface area contributed by atoms with E-state index in [1.165, 1.54) is 10.8 Å². The summed E-state index contributed by atoms with van der Waals surface area (Å²) in [4.78, 5) is 14.5. The summed E-state index contributed by atoms with van der Waals surface area (Å²) in [5.41, 5.74) is 8.76. The maximum Gasteiger partial charge on any atom is 0.325 e. The van der Waals surface area contributed by atoms with Crippen LogP contribution < -0.4 is 5.32 Å². The predicted molar refractivity (Wildman–Crippen MR) is 79.6 cm³/mol. The third kappa shape index (κ3) is 3.18. The number of rotatable bonds is 5. The van der Waals surface area contributed by atoms with Crippen molar-refractivity contribution in [1.82, 2.24) is 5.32 Å². The van der Waals surface area contributed by atoms with E-state index in [1.807, 2.05) is 18.2 Å². The molecule has 0 atom stereocenters. The summed E-state index contributed by atoms with van der Waals surface area (Å²) >= 11 is 0. The second-order valence-electron chi connectivity index (χ2n) is 5.27. The van der Waals surface area contributed by atoms with Crippen LogP contribution in [0.15, 0.2) is 42.5 Å². The Bertz CT molecular complexity index is 685. The van der Waals surface area contributed by atoms with Crippen LogP contribution in [0.4, 0.5) is 0 Å². The summed E-state index contributed by atoms with van der Waals surface area (Å²) < 4.78 is 0. The summed E-state index contributed by atoms with van der Waals surface area (Å²) in [6.45, 7) is 4.10. The van der Waals surface area contributed by atoms with E-state index in [0.717, 1.165) is 11.8 Å². The highest BCUT2D eigenvalue weighted by Gasteiger charge is 2.28. The van der Waals surface area contributed by atoms with Gasteiger partial charge in [-0.05, 0) is 36.2 Å². The number of Topliss-reactive ketones (excluding diaryl/α,β-unsaturated/α-hetero) is 1. The Labute approximate surface area is 118 Å². The SMILES string of the molecule is CC(C)(NCc1ccc2ccccc2c1)C(=O)C=[N+]=[N-]. The van der Waals surface area contributed by atoms with Crippen LogP contribution in [0.1, 0.15) is 19.4 Å². The monoisotopic (exact) mass is 267 g/mol. The first kappa shape index (κ1) is 14.1. The Hall–Kier alpha value is -2.29. The molecule has 102 valence electrons. The van der Waals surface area contributed by atoms with Crippen LogP contribution in [0, 0.1) is 0 Å². The third-order valence-corrected chi connectivity index (χ3v) is 3.34. The largest absolute Gasteiger partial charge is 0.361 e. The van der Waals surface area contributed by atoms with Gasteiger partial charge in [0.2, 0.25) is 0 Å². The zero-order valence-corrected chi connectivity index (χ0v) is 11.6. The van der Waals surface area contributed by atoms with Crippen molar-refractivity contribution in [2.24, 2.45) is 0 Å². The Morgan fingerprint density at radius 2 is 1.95 bits per heavy atom. The van der Waals surface area contributed by atoms with Crippen molar-refractivity contribution < 1.29 is 9.58 Å². The van der Waals surface area contributed by atoms with Crippen LogP contribution in [-0.2, 0) is 11.3 Å². The lowest BCUT2D eigenvalue weighted by atomic mass is 9.99. The molecule has 0 unspecified atom stereocenters. The number of carbonyl (C=O) groups is 1. The molecular weight excluding hydrogens is 250 g/mol. The van der Waals surface area contributed by atoms with Crippen molar-refractivity contribution in [3.63, 3.8) is 0 Å². The topological polar surface area (TPSA) is 65.5 Å². The minimum atomic E-state index is -0.766. The number of benzene rings is 2. The van der Waals surface area contributed by atoms with E-state index in [1.54, 1.807) is 13.8 Å². The molecule has 4 nitrogen and oxygen atoms in total. The molecule has 2 rings (SSSR count). The number of hydrogen-bond acceptors (Lipinski definition) is 2. The van der Waals surface area contributed by atoms with E-state index in [4.69, 9.17) is 5.53 Å². The van der Waals surface area contributed by atoms with Gasteiger partial charge in [0.05, 0.1) is 5.54 Å². The van der Waals surface area contributed by atoms with Crippen LogP contribution in [0.25, 0.3) is 16.3 Å². The maximum absolute atomic E-state index is 11.7. The fraction of sp³-hybridized carbons (Fsp3) is 0.250. The van der Waals surface area contributed by atoms with Gasteiger partial charge in [-0.2, -0.15) is 4.79 Å². The molecule has 0 spiro atoms. The molecule has 1 N–H and O–H groups in total. The van der Waals surface area contributed by atoms with Crippen LogP contribution >= 0.6 is 0 Å². The molecule has 0 radical (unpaired) electrons. The third-order valence-electron chi connectivity index (χ3n) is 3.34. The number of ketones is 1. The number of hydrogen-bond donors (Lipinski definition) is 1. The van der Waals surface area contributed by atoms with Crippen LogP contribution in [-0.4, -0.2) is 22.3 Å². The van der Waals surface area contributed by atoms with Crippen molar-refractivity contribution in [3.8, 4) is 0 Å². The van der Waals surface area contributed by atoms with Crippen molar-refractivity contribution >= 4 is 22.8 Å². The first-order chi connectivity index (χ1) is 9.53. The molecule has 4 heteroatoms. The van der Waals surface area contributed by atoms with Crippen LogP contribution in [0.5, 0.6) is 0 Å². The summed E-state index contributed by atoms with van der Waals surface area (Å²) in [7, 11) is 0. The molecule has 0 aliphatic rings. The Kier molecular flexibility index (Phi) is 4.08. The number of nitrogens with one attached hydrogen (secondary N) is 1. The number of fused-ring (bicyclic) bond motifs is 1. The molecule has 0 amide bonds. The first-order valence-corrected chi connectivity index (χ1v) is 6.47. The normalized spacial score (nSPS) is 11.1. The van der Waals surface area contributed by atoms with Gasteiger partial charge in [-0.1, -0.05) is 36.4 Å². The molecule has 0 bridgehead atoms. The molecular formula is C16H17N3O. The van der Waals surface area contributed by atoms with Gasteiger partial charge in [-0.3, -0.25) is 4.79 Å². The number of nitrogens with zero attached hydrogens (tertiary/aromatic N) is 2. The number of carbonyl (C=O) groups excluding carboxylic acids is 1. The summed E-state index contributed by atoms with van der Waals surface area (Å²) in [5, 5.41) is 5.54. The van der Waals surface area contributed by atoms with Crippen molar-refractivity contribution in [1.29, 1.82) is 0 Å². The minimum Gasteiger partial charge on any atom is -0.361 e. The highest BCUT2D eigenvalue weighted by molar-refractivity contribution is 6.29. The molecule has 20 heavy (non-hydrogen) atoms. The molecule has 2 aromatic rings. The van der Waals surface area contributed by atoms with Gasteiger partial charge in [0.1, 0.15) is 0 Å². The van der Waals surface area contributed by atoms with Gasteiger partial charge in [-0.25, -0.2) is 0 Å². The maximum atomic E-state index is 11.7. The molecule has 0 aromatic heterocycles. The quantitative estimate of drug-likeness (QED) is 0.514. The van der Waals surface area contributed by atoms with Crippen LogP contribution in [0.3, 0.4) is 0 Å². The van der Waals surface area contributed by atoms with E-state index in [9.17, 15) is 4.79 Å². The minimum absolute atomic E-state index is 0.263. The first-order valence-electron chi connectivity index (χ1n) is 6.47. The highest BCUT2D eigenvalue weighted by Crippen LogP contribution is 2.16. The molecule has 0 fully saturated rings. The fourth-order valence-corrected chi connectivity index (χ4v) is 1.97. The van der Waals surface area contributed by atoms with E-state index >= 15 is 0 Å². The van der Waals surface area contributed by atoms with E-state index < -0.39 is 5.54 Å². The predicted octanol–water partition coefficient (Wildman–Crippen LogP) is 2.58. The van der Waals surface area contributed by atoms with Gasteiger partial charge in [-0.15, -0.1) is 0 Å². The van der Waals surface area contributed by atoms with Crippen LogP contribution in [0.2, 0.25) is 0 Å².